The van der Waals surface area contributed by atoms with Gasteiger partial charge in [0.15, 0.2) is 0 Å². The van der Waals surface area contributed by atoms with E-state index < -0.39 is 12.0 Å². The fourth-order valence-electron chi connectivity index (χ4n) is 1.63. The van der Waals surface area contributed by atoms with E-state index in [0.29, 0.717) is 13.1 Å². The molecule has 0 fully saturated rings. The maximum atomic E-state index is 12.6. The van der Waals surface area contributed by atoms with Crippen LogP contribution in [0.25, 0.3) is 0 Å². The summed E-state index contributed by atoms with van der Waals surface area (Å²) in [4.78, 5) is 6.68. The fraction of sp³-hybridized carbons (Fsp3) is 0.364. The third-order valence-corrected chi connectivity index (χ3v) is 2.54. The Kier molecular flexibility index (Phi) is 4.26. The minimum atomic E-state index is -4.64. The van der Waals surface area contributed by atoms with Gasteiger partial charge in [-0.05, 0) is 12.5 Å². The molecule has 10 heteroatoms. The van der Waals surface area contributed by atoms with E-state index in [1.165, 1.54) is 6.07 Å². The third kappa shape index (κ3) is 4.05. The number of nitrogens with zero attached hydrogens (tertiary/aromatic N) is 4. The highest BCUT2D eigenvalue weighted by Gasteiger charge is 2.35. The lowest BCUT2D eigenvalue weighted by Gasteiger charge is -2.11. The van der Waals surface area contributed by atoms with Crippen molar-refractivity contribution in [3.63, 3.8) is 0 Å². The highest BCUT2D eigenvalue weighted by atomic mass is 19.4. The molecular formula is C11H14F3N7. The van der Waals surface area contributed by atoms with Gasteiger partial charge in [0.25, 0.3) is 0 Å². The fourth-order valence-corrected chi connectivity index (χ4v) is 1.63. The SMILES string of the molecule is Cc1cnn(CCNc2cc(NN)nc(C(F)(F)F)n2)c1. The highest BCUT2D eigenvalue weighted by molar-refractivity contribution is 5.47. The second kappa shape index (κ2) is 5.95. The lowest BCUT2D eigenvalue weighted by molar-refractivity contribution is -0.144. The molecule has 0 aromatic carbocycles. The molecule has 0 unspecified atom stereocenters. The summed E-state index contributed by atoms with van der Waals surface area (Å²) >= 11 is 0. The number of anilines is 2. The van der Waals surface area contributed by atoms with E-state index >= 15 is 0 Å². The molecule has 0 amide bonds. The number of nitrogens with one attached hydrogen (secondary N) is 2. The predicted molar refractivity (Wildman–Crippen MR) is 70.3 cm³/mol. The number of alkyl halides is 3. The monoisotopic (exact) mass is 301 g/mol. The van der Waals surface area contributed by atoms with Gasteiger partial charge in [-0.1, -0.05) is 0 Å². The van der Waals surface area contributed by atoms with Gasteiger partial charge in [-0.25, -0.2) is 15.8 Å². The first-order valence-electron chi connectivity index (χ1n) is 6.04. The van der Waals surface area contributed by atoms with E-state index in [2.05, 4.69) is 25.8 Å². The minimum Gasteiger partial charge on any atom is -0.368 e. The van der Waals surface area contributed by atoms with Gasteiger partial charge in [-0.3, -0.25) is 4.68 Å². The summed E-state index contributed by atoms with van der Waals surface area (Å²) in [5, 5.41) is 6.85. The summed E-state index contributed by atoms with van der Waals surface area (Å²) in [7, 11) is 0. The molecule has 0 saturated heterocycles. The van der Waals surface area contributed by atoms with Crippen molar-refractivity contribution in [2.45, 2.75) is 19.6 Å². The third-order valence-electron chi connectivity index (χ3n) is 2.54. The van der Waals surface area contributed by atoms with Crippen LogP contribution in [0.15, 0.2) is 18.5 Å². The van der Waals surface area contributed by atoms with Gasteiger partial charge in [0, 0.05) is 18.8 Å². The minimum absolute atomic E-state index is 0.0363. The first-order chi connectivity index (χ1) is 9.88. The Bertz CT molecular complexity index is 608. The Hall–Kier alpha value is -2.36. The van der Waals surface area contributed by atoms with E-state index in [1.54, 1.807) is 10.9 Å². The van der Waals surface area contributed by atoms with Crippen LogP contribution in [0.1, 0.15) is 11.4 Å². The van der Waals surface area contributed by atoms with E-state index in [0.717, 1.165) is 5.56 Å². The van der Waals surface area contributed by atoms with Crippen LogP contribution in [-0.2, 0) is 12.7 Å². The molecule has 114 valence electrons. The zero-order valence-corrected chi connectivity index (χ0v) is 11.1. The van der Waals surface area contributed by atoms with Crippen LogP contribution in [0.4, 0.5) is 24.8 Å². The number of hydrogen-bond donors (Lipinski definition) is 3. The van der Waals surface area contributed by atoms with E-state index in [4.69, 9.17) is 5.84 Å². The van der Waals surface area contributed by atoms with Crippen LogP contribution >= 0.6 is 0 Å². The van der Waals surface area contributed by atoms with Crippen molar-refractivity contribution in [1.29, 1.82) is 0 Å². The van der Waals surface area contributed by atoms with Gasteiger partial charge < -0.3 is 10.7 Å². The Labute approximate surface area is 118 Å². The molecule has 2 aromatic rings. The van der Waals surface area contributed by atoms with Crippen molar-refractivity contribution in [2.24, 2.45) is 5.84 Å². The Balaban J connectivity index is 2.05. The molecule has 21 heavy (non-hydrogen) atoms. The van der Waals surface area contributed by atoms with Crippen LogP contribution in [0.5, 0.6) is 0 Å². The average molecular weight is 301 g/mol. The number of hydrogen-bond acceptors (Lipinski definition) is 6. The van der Waals surface area contributed by atoms with Gasteiger partial charge in [0.05, 0.1) is 12.7 Å². The molecule has 2 heterocycles. The summed E-state index contributed by atoms with van der Waals surface area (Å²) in [6.07, 6.45) is -1.11. The van der Waals surface area contributed by atoms with Crippen molar-refractivity contribution < 1.29 is 13.2 Å². The standard InChI is InChI=1S/C11H14F3N7/c1-7-5-17-21(6-7)3-2-16-8-4-9(20-15)19-10(18-8)11(12,13)14/h4-6H,2-3,15H2,1H3,(H2,16,18,19,20). The summed E-state index contributed by atoms with van der Waals surface area (Å²) in [5.74, 6) is 3.77. The van der Waals surface area contributed by atoms with Gasteiger partial charge in [0.1, 0.15) is 11.6 Å². The lowest BCUT2D eigenvalue weighted by atomic mass is 10.4. The zero-order chi connectivity index (χ0) is 15.5. The molecule has 0 aliphatic rings. The molecular weight excluding hydrogens is 287 g/mol. The molecule has 2 aromatic heterocycles. The molecule has 0 saturated carbocycles. The molecule has 0 spiro atoms. The number of rotatable bonds is 5. The van der Waals surface area contributed by atoms with Crippen molar-refractivity contribution in [3.05, 3.63) is 29.8 Å². The maximum absolute atomic E-state index is 12.6. The first kappa shape index (κ1) is 15.0. The number of nitrogens with two attached hydrogens (primary N) is 1. The molecule has 0 atom stereocenters. The van der Waals surface area contributed by atoms with Crippen LogP contribution in [0.2, 0.25) is 0 Å². The number of hydrazine groups is 1. The number of aromatic nitrogens is 4. The van der Waals surface area contributed by atoms with Gasteiger partial charge in [0.2, 0.25) is 5.82 Å². The van der Waals surface area contributed by atoms with E-state index in [1.807, 2.05) is 13.1 Å². The second-order valence-corrected chi connectivity index (χ2v) is 4.31. The summed E-state index contributed by atoms with van der Waals surface area (Å²) < 4.78 is 39.6. The van der Waals surface area contributed by atoms with Crippen molar-refractivity contribution in [2.75, 3.05) is 17.3 Å². The van der Waals surface area contributed by atoms with Crippen LogP contribution in [0, 0.1) is 6.92 Å². The lowest BCUT2D eigenvalue weighted by Crippen LogP contribution is -2.18. The molecule has 0 radical (unpaired) electrons. The molecule has 7 nitrogen and oxygen atoms in total. The summed E-state index contributed by atoms with van der Waals surface area (Å²) in [6.45, 7) is 2.75. The molecule has 4 N–H and O–H groups in total. The number of aryl methyl sites for hydroxylation is 1. The normalized spacial score (nSPS) is 11.5. The van der Waals surface area contributed by atoms with Gasteiger partial charge in [-0.2, -0.15) is 18.3 Å². The Morgan fingerprint density at radius 3 is 2.57 bits per heavy atom. The number of nitrogen functional groups attached to an aromatic ring is 1. The largest absolute Gasteiger partial charge is 0.451 e. The zero-order valence-electron chi connectivity index (χ0n) is 11.1. The highest BCUT2D eigenvalue weighted by Crippen LogP contribution is 2.28. The average Bonchev–Trinajstić information content (AvgIpc) is 2.83. The Morgan fingerprint density at radius 2 is 2.00 bits per heavy atom. The van der Waals surface area contributed by atoms with Crippen molar-refractivity contribution in [1.82, 2.24) is 19.7 Å². The molecule has 0 aliphatic carbocycles. The topological polar surface area (TPSA) is 93.7 Å². The molecule has 0 aliphatic heterocycles. The summed E-state index contributed by atoms with van der Waals surface area (Å²) in [6, 6.07) is 1.30. The number of halogens is 3. The van der Waals surface area contributed by atoms with Crippen LogP contribution < -0.4 is 16.6 Å². The second-order valence-electron chi connectivity index (χ2n) is 4.31. The quantitative estimate of drug-likeness (QED) is 0.571. The van der Waals surface area contributed by atoms with Gasteiger partial charge in [-0.15, -0.1) is 0 Å². The maximum Gasteiger partial charge on any atom is 0.451 e. The first-order valence-corrected chi connectivity index (χ1v) is 6.04. The van der Waals surface area contributed by atoms with E-state index in [-0.39, 0.29) is 11.6 Å². The van der Waals surface area contributed by atoms with Crippen molar-refractivity contribution >= 4 is 11.6 Å². The van der Waals surface area contributed by atoms with Crippen molar-refractivity contribution in [3.8, 4) is 0 Å². The Morgan fingerprint density at radius 1 is 1.29 bits per heavy atom. The van der Waals surface area contributed by atoms with Gasteiger partial charge >= 0.3 is 6.18 Å². The predicted octanol–water partition coefficient (Wildman–Crippen LogP) is 1.40. The van der Waals surface area contributed by atoms with Crippen LogP contribution in [0.3, 0.4) is 0 Å². The summed E-state index contributed by atoms with van der Waals surface area (Å²) in [5.41, 5.74) is 3.09. The molecule has 0 bridgehead atoms. The van der Waals surface area contributed by atoms with E-state index in [9.17, 15) is 13.2 Å². The van der Waals surface area contributed by atoms with Crippen LogP contribution in [-0.4, -0.2) is 26.3 Å². The molecule has 2 rings (SSSR count). The smallest absolute Gasteiger partial charge is 0.368 e.